The van der Waals surface area contributed by atoms with E-state index in [0.29, 0.717) is 23.0 Å². The van der Waals surface area contributed by atoms with E-state index < -0.39 is 15.6 Å². The van der Waals surface area contributed by atoms with Crippen LogP contribution >= 0.6 is 15.6 Å². The van der Waals surface area contributed by atoms with E-state index in [4.69, 9.17) is 18.1 Å². The molecule has 0 aliphatic heterocycles. The van der Waals surface area contributed by atoms with Gasteiger partial charge in [-0.3, -0.25) is 9.79 Å². The molecule has 4 rings (SSSR count). The van der Waals surface area contributed by atoms with Crippen molar-refractivity contribution in [3.63, 3.8) is 0 Å². The van der Waals surface area contributed by atoms with Gasteiger partial charge >= 0.3 is 53.4 Å². The Labute approximate surface area is 440 Å². The van der Waals surface area contributed by atoms with Gasteiger partial charge in [0, 0.05) is 0 Å². The van der Waals surface area contributed by atoms with Crippen LogP contribution in [-0.2, 0) is 30.8 Å². The molecule has 0 bridgehead atoms. The molecule has 0 fully saturated rings. The Balaban J connectivity index is 0.00000128. The number of benzene rings is 4. The summed E-state index contributed by atoms with van der Waals surface area (Å²) in [6.07, 6.45) is 4.07. The number of hydrogen-bond acceptors (Lipinski definition) is 6. The molecule has 0 saturated carbocycles. The van der Waals surface area contributed by atoms with E-state index in [1.54, 1.807) is 48.5 Å². The van der Waals surface area contributed by atoms with Gasteiger partial charge < -0.3 is 20.9 Å². The maximum absolute atomic E-state index is 12.6. The van der Waals surface area contributed by atoms with E-state index >= 15 is 0 Å². The number of hydrogen-bond donors (Lipinski definition) is 2. The number of phosphoric ester groups is 2. The van der Waals surface area contributed by atoms with Crippen LogP contribution in [0.2, 0.25) is 0 Å². The van der Waals surface area contributed by atoms with Crippen LogP contribution in [0.1, 0.15) is 189 Å². The first kappa shape index (κ1) is 60.8. The Kier molecular flexibility index (Phi) is 20.4. The summed E-state index contributed by atoms with van der Waals surface area (Å²) in [6.45, 7) is 44.4. The molecule has 11 heteroatoms. The van der Waals surface area contributed by atoms with Crippen molar-refractivity contribution in [2.45, 2.75) is 186 Å². The first-order valence-electron chi connectivity index (χ1n) is 23.4. The Morgan fingerprint density at radius 3 is 0.582 bits per heavy atom. The minimum Gasteiger partial charge on any atom is -1.00 e. The second-order valence-electron chi connectivity index (χ2n) is 25.9. The Morgan fingerprint density at radius 1 is 0.328 bits per heavy atom. The van der Waals surface area contributed by atoms with Crippen molar-refractivity contribution in [1.29, 1.82) is 0 Å². The molecule has 8 nitrogen and oxygen atoms in total. The van der Waals surface area contributed by atoms with Crippen molar-refractivity contribution in [1.82, 2.24) is 0 Å². The SMILES string of the molecule is CC(C)(C)CC(C)(C)c1ccc(OP(=O)(O)Oc2ccc(C(C)(C)CC(C)(C)C)cc2)cc1.CC(C)(C)CC(C)(C)c1ccc(OP(=O)(O)Oc2ccc(C(C)(C)CC(C)(C)C)cc2)cc1.[Ca+2].[H-].[H-]. The summed E-state index contributed by atoms with van der Waals surface area (Å²) in [5, 5.41) is 0. The zero-order valence-corrected chi connectivity index (χ0v) is 49.0. The average molecular weight is 991 g/mol. The van der Waals surface area contributed by atoms with E-state index in [9.17, 15) is 18.9 Å². The van der Waals surface area contributed by atoms with Crippen molar-refractivity contribution in [3.8, 4) is 23.0 Å². The van der Waals surface area contributed by atoms with Crippen LogP contribution in [0.25, 0.3) is 0 Å². The minimum absolute atomic E-state index is 0. The molecular formula is C56H88CaO8P2. The Morgan fingerprint density at radius 2 is 0.463 bits per heavy atom. The third-order valence-electron chi connectivity index (χ3n) is 11.3. The largest absolute Gasteiger partial charge is 2.00 e. The predicted octanol–water partition coefficient (Wildman–Crippen LogP) is 17.2. The standard InChI is InChI=1S/2C28H43O4P.Ca.2H/c2*1-25(2,3)19-27(7,8)21-11-15-23(16-12-21)31-33(29,30)32-24-17-13-22(14-18-24)28(9,10)20-26(4,5)6;;;/h2*11-18H,19-20H2,1-10H3,(H,29,30);;;/q;;+2;2*-1. The zero-order chi connectivity index (χ0) is 50.6. The van der Waals surface area contributed by atoms with Crippen LogP contribution in [0.15, 0.2) is 97.1 Å². The fourth-order valence-corrected chi connectivity index (χ4v) is 11.8. The summed E-state index contributed by atoms with van der Waals surface area (Å²) >= 11 is 0. The van der Waals surface area contributed by atoms with E-state index in [0.717, 1.165) is 47.9 Å². The average Bonchev–Trinajstić information content (AvgIpc) is 3.08. The quantitative estimate of drug-likeness (QED) is 0.0843. The number of phosphoric acid groups is 2. The molecule has 0 spiro atoms. The van der Waals surface area contributed by atoms with Gasteiger partial charge in [0.15, 0.2) is 0 Å². The van der Waals surface area contributed by atoms with E-state index in [1.807, 2.05) is 48.5 Å². The van der Waals surface area contributed by atoms with E-state index in [-0.39, 0.29) is 83.9 Å². The maximum Gasteiger partial charge on any atom is 2.00 e. The molecule has 0 radical (unpaired) electrons. The molecule has 0 aliphatic carbocycles. The van der Waals surface area contributed by atoms with Gasteiger partial charge in [0.05, 0.1) is 0 Å². The summed E-state index contributed by atoms with van der Waals surface area (Å²) in [7, 11) is -8.63. The molecule has 0 aromatic heterocycles. The minimum atomic E-state index is -4.31. The smallest absolute Gasteiger partial charge is 1.00 e. The van der Waals surface area contributed by atoms with Crippen molar-refractivity contribution in [2.24, 2.45) is 21.7 Å². The fraction of sp³-hybridized carbons (Fsp3) is 0.571. The van der Waals surface area contributed by atoms with Gasteiger partial charge in [-0.1, -0.05) is 187 Å². The van der Waals surface area contributed by atoms with Crippen molar-refractivity contribution >= 4 is 53.4 Å². The van der Waals surface area contributed by atoms with Gasteiger partial charge in [-0.05, 0) is 140 Å². The summed E-state index contributed by atoms with van der Waals surface area (Å²) < 4.78 is 46.5. The molecule has 0 heterocycles. The van der Waals surface area contributed by atoms with Gasteiger partial charge in [0.2, 0.25) is 0 Å². The van der Waals surface area contributed by atoms with Gasteiger partial charge in [-0.25, -0.2) is 9.13 Å². The first-order chi connectivity index (χ1) is 29.6. The molecule has 4 aromatic rings. The predicted molar refractivity (Wildman–Crippen MR) is 284 cm³/mol. The van der Waals surface area contributed by atoms with Crippen molar-refractivity contribution in [2.75, 3.05) is 0 Å². The topological polar surface area (TPSA) is 112 Å². The number of rotatable bonds is 16. The van der Waals surface area contributed by atoms with Crippen LogP contribution in [0.4, 0.5) is 0 Å². The fourth-order valence-electron chi connectivity index (χ4n) is 10.1. The van der Waals surface area contributed by atoms with Gasteiger partial charge in [0.1, 0.15) is 23.0 Å². The molecule has 0 atom stereocenters. The Hall–Kier alpha value is -2.28. The molecule has 372 valence electrons. The zero-order valence-electron chi connectivity index (χ0n) is 47.0. The third kappa shape index (κ3) is 21.7. The van der Waals surface area contributed by atoms with Gasteiger partial charge in [-0.2, -0.15) is 0 Å². The van der Waals surface area contributed by atoms with Crippen molar-refractivity contribution < 1.29 is 39.9 Å². The maximum atomic E-state index is 12.6. The molecule has 0 unspecified atom stereocenters. The summed E-state index contributed by atoms with van der Waals surface area (Å²) in [5.74, 6) is 1.22. The van der Waals surface area contributed by atoms with Gasteiger partial charge in [-0.15, -0.1) is 0 Å². The van der Waals surface area contributed by atoms with Crippen LogP contribution in [0.5, 0.6) is 23.0 Å². The second kappa shape index (κ2) is 22.4. The molecule has 0 saturated heterocycles. The van der Waals surface area contributed by atoms with E-state index in [2.05, 4.69) is 138 Å². The summed E-state index contributed by atoms with van der Waals surface area (Å²) in [6, 6.07) is 29.4. The third-order valence-corrected chi connectivity index (χ3v) is 13.1. The van der Waals surface area contributed by atoms with Crippen LogP contribution in [0.3, 0.4) is 0 Å². The monoisotopic (exact) mass is 991 g/mol. The molecule has 2 N–H and O–H groups in total. The molecule has 67 heavy (non-hydrogen) atoms. The van der Waals surface area contributed by atoms with Crippen LogP contribution in [-0.4, -0.2) is 47.5 Å². The summed E-state index contributed by atoms with van der Waals surface area (Å²) in [4.78, 5) is 20.6. The van der Waals surface area contributed by atoms with Crippen molar-refractivity contribution in [3.05, 3.63) is 119 Å². The molecule has 4 aromatic carbocycles. The normalized spacial score (nSPS) is 13.5. The van der Waals surface area contributed by atoms with Crippen LogP contribution in [0, 0.1) is 21.7 Å². The molecule has 0 amide bonds. The van der Waals surface area contributed by atoms with Gasteiger partial charge in [0.25, 0.3) is 0 Å². The second-order valence-corrected chi connectivity index (χ2v) is 28.5. The van der Waals surface area contributed by atoms with E-state index in [1.165, 1.54) is 0 Å². The molecular weight excluding hydrogens is 903 g/mol. The van der Waals surface area contributed by atoms with Crippen LogP contribution < -0.4 is 18.1 Å². The molecule has 0 aliphatic rings. The summed E-state index contributed by atoms with van der Waals surface area (Å²) in [5.41, 5.74) is 5.37. The Bertz CT molecular complexity index is 1950. The first-order valence-corrected chi connectivity index (χ1v) is 26.4.